The van der Waals surface area contributed by atoms with Crippen molar-refractivity contribution in [1.82, 2.24) is 25.2 Å². The molecule has 0 saturated carbocycles. The zero-order valence-corrected chi connectivity index (χ0v) is 10.3. The van der Waals surface area contributed by atoms with E-state index in [-0.39, 0.29) is 23.7 Å². The third-order valence-electron chi connectivity index (χ3n) is 3.60. The third-order valence-corrected chi connectivity index (χ3v) is 3.60. The molecule has 0 aromatic carbocycles. The van der Waals surface area contributed by atoms with Gasteiger partial charge in [0.2, 0.25) is 5.91 Å². The van der Waals surface area contributed by atoms with Gasteiger partial charge in [0, 0.05) is 32.1 Å². The van der Waals surface area contributed by atoms with Crippen molar-refractivity contribution in [2.75, 3.05) is 19.6 Å². The summed E-state index contributed by atoms with van der Waals surface area (Å²) in [4.78, 5) is 24.0. The Morgan fingerprint density at radius 3 is 2.89 bits per heavy atom. The number of carboxylic acids is 1. The molecule has 0 radical (unpaired) electrons. The number of amides is 1. The molecule has 8 nitrogen and oxygen atoms in total. The summed E-state index contributed by atoms with van der Waals surface area (Å²) < 4.78 is 1.60. The Bertz CT molecular complexity index is 508. The zero-order chi connectivity index (χ0) is 13.4. The second kappa shape index (κ2) is 4.61. The second-order valence-corrected chi connectivity index (χ2v) is 5.06. The van der Waals surface area contributed by atoms with Gasteiger partial charge in [-0.05, 0) is 6.42 Å². The van der Waals surface area contributed by atoms with Crippen LogP contribution in [0.15, 0.2) is 6.20 Å². The van der Waals surface area contributed by atoms with Gasteiger partial charge in [0.15, 0.2) is 5.69 Å². The first-order chi connectivity index (χ1) is 9.11. The molecule has 2 aliphatic heterocycles. The Balaban J connectivity index is 1.49. The lowest BCUT2D eigenvalue weighted by atomic mass is 10.1. The standard InChI is InChI=1S/C11H15N5O3/c17-10-2-1-7(12-10)3-15-4-8(5-15)16-6-9(11(18)19)13-14-16/h6-8H,1-5H2,(H,12,17)(H,18,19). The lowest BCUT2D eigenvalue weighted by Crippen LogP contribution is -2.52. The van der Waals surface area contributed by atoms with Crippen molar-refractivity contribution in [2.24, 2.45) is 0 Å². The van der Waals surface area contributed by atoms with Crippen LogP contribution < -0.4 is 5.32 Å². The van der Waals surface area contributed by atoms with Crippen molar-refractivity contribution in [3.63, 3.8) is 0 Å². The maximum absolute atomic E-state index is 11.1. The van der Waals surface area contributed by atoms with E-state index in [1.54, 1.807) is 4.68 Å². The number of nitrogens with zero attached hydrogens (tertiary/aromatic N) is 4. The Morgan fingerprint density at radius 2 is 2.32 bits per heavy atom. The van der Waals surface area contributed by atoms with Crippen LogP contribution in [0.5, 0.6) is 0 Å². The van der Waals surface area contributed by atoms with Crippen molar-refractivity contribution in [1.29, 1.82) is 0 Å². The highest BCUT2D eigenvalue weighted by atomic mass is 16.4. The highest BCUT2D eigenvalue weighted by Gasteiger charge is 2.32. The van der Waals surface area contributed by atoms with Gasteiger partial charge in [0.05, 0.1) is 12.2 Å². The molecule has 19 heavy (non-hydrogen) atoms. The molecule has 8 heteroatoms. The first-order valence-corrected chi connectivity index (χ1v) is 6.28. The molecule has 1 unspecified atom stereocenters. The normalized spacial score (nSPS) is 24.2. The van der Waals surface area contributed by atoms with Crippen LogP contribution in [0.2, 0.25) is 0 Å². The molecular weight excluding hydrogens is 250 g/mol. The van der Waals surface area contributed by atoms with E-state index < -0.39 is 5.97 Å². The number of aromatic carboxylic acids is 1. The average molecular weight is 265 g/mol. The number of hydrogen-bond donors (Lipinski definition) is 2. The molecule has 0 spiro atoms. The molecule has 2 saturated heterocycles. The predicted molar refractivity (Wildman–Crippen MR) is 63.6 cm³/mol. The molecular formula is C11H15N5O3. The predicted octanol–water partition coefficient (Wildman–Crippen LogP) is -0.888. The minimum atomic E-state index is -1.06. The highest BCUT2D eigenvalue weighted by Crippen LogP contribution is 2.21. The van der Waals surface area contributed by atoms with E-state index in [9.17, 15) is 9.59 Å². The molecule has 1 aromatic rings. The Kier molecular flexibility index (Phi) is 2.94. The number of hydrogen-bond acceptors (Lipinski definition) is 5. The van der Waals surface area contributed by atoms with E-state index in [0.29, 0.717) is 6.42 Å². The average Bonchev–Trinajstić information content (AvgIpc) is 2.91. The van der Waals surface area contributed by atoms with Gasteiger partial charge in [-0.25, -0.2) is 9.48 Å². The summed E-state index contributed by atoms with van der Waals surface area (Å²) in [7, 11) is 0. The van der Waals surface area contributed by atoms with Gasteiger partial charge in [-0.1, -0.05) is 5.21 Å². The second-order valence-electron chi connectivity index (χ2n) is 5.06. The molecule has 102 valence electrons. The molecule has 0 aliphatic carbocycles. The van der Waals surface area contributed by atoms with Crippen LogP contribution in [0.25, 0.3) is 0 Å². The fourth-order valence-electron chi connectivity index (χ4n) is 2.54. The van der Waals surface area contributed by atoms with Crippen LogP contribution in [0, 0.1) is 0 Å². The monoisotopic (exact) mass is 265 g/mol. The molecule has 3 rings (SSSR count). The Labute approximate surface area is 109 Å². The molecule has 2 N–H and O–H groups in total. The SMILES string of the molecule is O=C1CCC(CN2CC(n3cc(C(=O)O)nn3)C2)N1. The molecule has 1 atom stereocenters. The summed E-state index contributed by atoms with van der Waals surface area (Å²) in [5.41, 5.74) is -0.0264. The molecule has 1 aromatic heterocycles. The van der Waals surface area contributed by atoms with Gasteiger partial charge in [0.25, 0.3) is 0 Å². The van der Waals surface area contributed by atoms with Gasteiger partial charge in [-0.15, -0.1) is 5.10 Å². The van der Waals surface area contributed by atoms with Crippen molar-refractivity contribution in [2.45, 2.75) is 24.9 Å². The van der Waals surface area contributed by atoms with Gasteiger partial charge in [0.1, 0.15) is 0 Å². The van der Waals surface area contributed by atoms with E-state index in [2.05, 4.69) is 20.5 Å². The summed E-state index contributed by atoms with van der Waals surface area (Å²) in [6, 6.07) is 0.427. The summed E-state index contributed by atoms with van der Waals surface area (Å²) in [6.07, 6.45) is 2.97. The minimum Gasteiger partial charge on any atom is -0.476 e. The van der Waals surface area contributed by atoms with Gasteiger partial charge < -0.3 is 10.4 Å². The van der Waals surface area contributed by atoms with E-state index in [4.69, 9.17) is 5.11 Å². The topological polar surface area (TPSA) is 100 Å². The largest absolute Gasteiger partial charge is 0.476 e. The lowest BCUT2D eigenvalue weighted by molar-refractivity contribution is -0.119. The van der Waals surface area contributed by atoms with Crippen LogP contribution in [0.1, 0.15) is 29.4 Å². The van der Waals surface area contributed by atoms with Gasteiger partial charge >= 0.3 is 5.97 Å². The number of likely N-dealkylation sites (tertiary alicyclic amines) is 1. The van der Waals surface area contributed by atoms with Crippen LogP contribution in [-0.4, -0.2) is 62.6 Å². The van der Waals surface area contributed by atoms with Crippen LogP contribution in [-0.2, 0) is 4.79 Å². The molecule has 1 amide bonds. The van der Waals surface area contributed by atoms with Gasteiger partial charge in [-0.2, -0.15) is 0 Å². The van der Waals surface area contributed by atoms with Crippen molar-refractivity contribution in [3.8, 4) is 0 Å². The zero-order valence-electron chi connectivity index (χ0n) is 10.3. The maximum atomic E-state index is 11.1. The number of carbonyl (C=O) groups excluding carboxylic acids is 1. The van der Waals surface area contributed by atoms with E-state index in [1.165, 1.54) is 6.20 Å². The van der Waals surface area contributed by atoms with Crippen molar-refractivity contribution < 1.29 is 14.7 Å². The number of carboxylic acid groups (broad SMARTS) is 1. The number of carbonyl (C=O) groups is 2. The van der Waals surface area contributed by atoms with E-state index in [1.807, 2.05) is 0 Å². The number of aromatic nitrogens is 3. The lowest BCUT2D eigenvalue weighted by Gasteiger charge is -2.40. The fourth-order valence-corrected chi connectivity index (χ4v) is 2.54. The van der Waals surface area contributed by atoms with Crippen LogP contribution in [0.3, 0.4) is 0 Å². The highest BCUT2D eigenvalue weighted by molar-refractivity contribution is 5.84. The first kappa shape index (κ1) is 12.1. The van der Waals surface area contributed by atoms with Gasteiger partial charge in [-0.3, -0.25) is 9.69 Å². The van der Waals surface area contributed by atoms with Crippen LogP contribution in [0.4, 0.5) is 0 Å². The molecule has 3 heterocycles. The third kappa shape index (κ3) is 2.43. The quantitative estimate of drug-likeness (QED) is 0.732. The van der Waals surface area contributed by atoms with E-state index >= 15 is 0 Å². The smallest absolute Gasteiger partial charge is 0.358 e. The summed E-state index contributed by atoms with van der Waals surface area (Å²) in [5, 5.41) is 19.1. The summed E-state index contributed by atoms with van der Waals surface area (Å²) in [5.74, 6) is -0.930. The number of nitrogens with one attached hydrogen (secondary N) is 1. The summed E-state index contributed by atoms with van der Waals surface area (Å²) >= 11 is 0. The molecule has 0 bridgehead atoms. The van der Waals surface area contributed by atoms with E-state index in [0.717, 1.165) is 26.1 Å². The summed E-state index contributed by atoms with van der Waals surface area (Å²) in [6.45, 7) is 2.48. The van der Waals surface area contributed by atoms with Crippen molar-refractivity contribution in [3.05, 3.63) is 11.9 Å². The fraction of sp³-hybridized carbons (Fsp3) is 0.636. The first-order valence-electron chi connectivity index (χ1n) is 6.28. The minimum absolute atomic E-state index is 0.0264. The number of rotatable bonds is 4. The molecule has 2 fully saturated rings. The van der Waals surface area contributed by atoms with Crippen molar-refractivity contribution >= 4 is 11.9 Å². The maximum Gasteiger partial charge on any atom is 0.358 e. The molecule has 2 aliphatic rings. The Morgan fingerprint density at radius 1 is 1.53 bits per heavy atom. The van der Waals surface area contributed by atoms with Crippen LogP contribution >= 0.6 is 0 Å². The Hall–Kier alpha value is -1.96.